The molecule has 0 atom stereocenters. The van der Waals surface area contributed by atoms with Crippen molar-refractivity contribution < 1.29 is 9.53 Å². The Bertz CT molecular complexity index is 761. The first-order valence-electron chi connectivity index (χ1n) is 9.27. The number of ether oxygens (including phenoxy) is 1. The van der Waals surface area contributed by atoms with E-state index in [0.717, 1.165) is 55.6 Å². The van der Waals surface area contributed by atoms with Crippen molar-refractivity contribution in [1.29, 1.82) is 0 Å². The van der Waals surface area contributed by atoms with Gasteiger partial charge in [0.2, 0.25) is 5.91 Å². The molecule has 5 nitrogen and oxygen atoms in total. The third kappa shape index (κ3) is 5.62. The highest BCUT2D eigenvalue weighted by Gasteiger charge is 2.20. The molecule has 1 fully saturated rings. The van der Waals surface area contributed by atoms with Crippen LogP contribution >= 0.6 is 11.6 Å². The number of carbonyl (C=O) groups excluding carboxylic acids is 1. The van der Waals surface area contributed by atoms with Crippen molar-refractivity contribution >= 4 is 23.2 Å². The quantitative estimate of drug-likeness (QED) is 0.742. The first-order valence-corrected chi connectivity index (χ1v) is 9.65. The molecule has 1 amide bonds. The van der Waals surface area contributed by atoms with Gasteiger partial charge in [0, 0.05) is 36.9 Å². The lowest BCUT2D eigenvalue weighted by Crippen LogP contribution is -2.51. The SMILES string of the molecule is COc1cccc(CCNCC(=O)N2CCN(c3cccc(Cl)c3)CC2)c1. The number of halogens is 1. The molecule has 1 aliphatic heterocycles. The molecule has 144 valence electrons. The molecule has 2 aromatic carbocycles. The molecule has 0 aromatic heterocycles. The van der Waals surface area contributed by atoms with Gasteiger partial charge in [-0.15, -0.1) is 0 Å². The molecular weight excluding hydrogens is 362 g/mol. The molecule has 1 aliphatic rings. The second-order valence-corrected chi connectivity index (χ2v) is 7.06. The number of methoxy groups -OCH3 is 1. The smallest absolute Gasteiger partial charge is 0.236 e. The number of nitrogens with zero attached hydrogens (tertiary/aromatic N) is 2. The Morgan fingerprint density at radius 2 is 1.89 bits per heavy atom. The third-order valence-corrected chi connectivity index (χ3v) is 5.04. The largest absolute Gasteiger partial charge is 0.497 e. The van der Waals surface area contributed by atoms with Gasteiger partial charge in [0.15, 0.2) is 0 Å². The fourth-order valence-corrected chi connectivity index (χ4v) is 3.44. The van der Waals surface area contributed by atoms with E-state index in [9.17, 15) is 4.79 Å². The lowest BCUT2D eigenvalue weighted by molar-refractivity contribution is -0.130. The Balaban J connectivity index is 1.38. The highest BCUT2D eigenvalue weighted by Crippen LogP contribution is 2.20. The number of benzene rings is 2. The summed E-state index contributed by atoms with van der Waals surface area (Å²) >= 11 is 6.07. The van der Waals surface area contributed by atoms with Crippen LogP contribution in [-0.4, -0.2) is 57.2 Å². The summed E-state index contributed by atoms with van der Waals surface area (Å²) in [6.45, 7) is 4.28. The Hall–Kier alpha value is -2.24. The zero-order chi connectivity index (χ0) is 19.1. The van der Waals surface area contributed by atoms with E-state index in [1.165, 1.54) is 5.56 Å². The maximum atomic E-state index is 12.4. The first kappa shape index (κ1) is 19.5. The van der Waals surface area contributed by atoms with Crippen LogP contribution in [0.5, 0.6) is 5.75 Å². The van der Waals surface area contributed by atoms with Crippen LogP contribution in [-0.2, 0) is 11.2 Å². The van der Waals surface area contributed by atoms with E-state index < -0.39 is 0 Å². The van der Waals surface area contributed by atoms with Crippen LogP contribution in [0.1, 0.15) is 5.56 Å². The van der Waals surface area contributed by atoms with Crippen LogP contribution in [0.2, 0.25) is 5.02 Å². The van der Waals surface area contributed by atoms with E-state index in [0.29, 0.717) is 6.54 Å². The van der Waals surface area contributed by atoms with Crippen LogP contribution in [0, 0.1) is 0 Å². The number of carbonyl (C=O) groups is 1. The molecule has 0 radical (unpaired) electrons. The van der Waals surface area contributed by atoms with Gasteiger partial charge >= 0.3 is 0 Å². The first-order chi connectivity index (χ1) is 13.2. The van der Waals surface area contributed by atoms with Gasteiger partial charge in [-0.2, -0.15) is 0 Å². The molecular formula is C21H26ClN3O2. The van der Waals surface area contributed by atoms with E-state index in [-0.39, 0.29) is 5.91 Å². The molecule has 0 spiro atoms. The second-order valence-electron chi connectivity index (χ2n) is 6.63. The zero-order valence-electron chi connectivity index (χ0n) is 15.7. The minimum atomic E-state index is 0.159. The molecule has 6 heteroatoms. The van der Waals surface area contributed by atoms with Gasteiger partial charge < -0.3 is 19.9 Å². The number of hydrogen-bond acceptors (Lipinski definition) is 4. The molecule has 3 rings (SSSR count). The van der Waals surface area contributed by atoms with E-state index in [1.54, 1.807) is 7.11 Å². The molecule has 2 aromatic rings. The van der Waals surface area contributed by atoms with Gasteiger partial charge in [-0.25, -0.2) is 0 Å². The van der Waals surface area contributed by atoms with Crippen molar-refractivity contribution in [3.8, 4) is 5.75 Å². The number of hydrogen-bond donors (Lipinski definition) is 1. The number of piperazine rings is 1. The lowest BCUT2D eigenvalue weighted by atomic mass is 10.1. The summed E-state index contributed by atoms with van der Waals surface area (Å²) in [6, 6.07) is 15.9. The van der Waals surface area contributed by atoms with Gasteiger partial charge in [-0.1, -0.05) is 29.8 Å². The van der Waals surface area contributed by atoms with Gasteiger partial charge in [0.25, 0.3) is 0 Å². The van der Waals surface area contributed by atoms with Crippen molar-refractivity contribution in [2.45, 2.75) is 6.42 Å². The highest BCUT2D eigenvalue weighted by atomic mass is 35.5. The van der Waals surface area contributed by atoms with Crippen molar-refractivity contribution in [2.24, 2.45) is 0 Å². The Labute approximate surface area is 165 Å². The fraction of sp³-hybridized carbons (Fsp3) is 0.381. The molecule has 27 heavy (non-hydrogen) atoms. The van der Waals surface area contributed by atoms with Crippen LogP contribution in [0.4, 0.5) is 5.69 Å². The van der Waals surface area contributed by atoms with E-state index >= 15 is 0 Å². The maximum Gasteiger partial charge on any atom is 0.236 e. The van der Waals surface area contributed by atoms with E-state index in [1.807, 2.05) is 41.3 Å². The molecule has 0 unspecified atom stereocenters. The van der Waals surface area contributed by atoms with E-state index in [4.69, 9.17) is 16.3 Å². The average Bonchev–Trinajstić information content (AvgIpc) is 2.71. The Morgan fingerprint density at radius 3 is 2.63 bits per heavy atom. The number of nitrogens with one attached hydrogen (secondary N) is 1. The predicted molar refractivity (Wildman–Crippen MR) is 110 cm³/mol. The lowest BCUT2D eigenvalue weighted by Gasteiger charge is -2.36. The molecule has 1 heterocycles. The standard InChI is InChI=1S/C21H26ClN3O2/c1-27-20-7-2-4-17(14-20)8-9-23-16-21(26)25-12-10-24(11-13-25)19-6-3-5-18(22)15-19/h2-7,14-15,23H,8-13,16H2,1H3. The number of anilines is 1. The molecule has 1 N–H and O–H groups in total. The van der Waals surface area contributed by atoms with Crippen molar-refractivity contribution in [3.63, 3.8) is 0 Å². The predicted octanol–water partition coefficient (Wildman–Crippen LogP) is 2.83. The summed E-state index contributed by atoms with van der Waals surface area (Å²) in [5.74, 6) is 1.02. The normalized spacial score (nSPS) is 14.3. The third-order valence-electron chi connectivity index (χ3n) is 4.81. The summed E-state index contributed by atoms with van der Waals surface area (Å²) in [6.07, 6.45) is 0.868. The Kier molecular flexibility index (Phi) is 6.96. The molecule has 1 saturated heterocycles. The molecule has 0 bridgehead atoms. The second kappa shape index (κ2) is 9.62. The average molecular weight is 388 g/mol. The summed E-state index contributed by atoms with van der Waals surface area (Å²) < 4.78 is 5.23. The number of amides is 1. The van der Waals surface area contributed by atoms with Crippen molar-refractivity contribution in [2.75, 3.05) is 51.3 Å². The highest BCUT2D eigenvalue weighted by molar-refractivity contribution is 6.30. The monoisotopic (exact) mass is 387 g/mol. The number of rotatable bonds is 7. The minimum absolute atomic E-state index is 0.159. The zero-order valence-corrected chi connectivity index (χ0v) is 16.4. The maximum absolute atomic E-state index is 12.4. The molecule has 0 aliphatic carbocycles. The Morgan fingerprint density at radius 1 is 1.11 bits per heavy atom. The van der Waals surface area contributed by atoms with Gasteiger partial charge in [-0.05, 0) is 48.9 Å². The van der Waals surface area contributed by atoms with Crippen LogP contribution in [0.15, 0.2) is 48.5 Å². The minimum Gasteiger partial charge on any atom is -0.497 e. The van der Waals surface area contributed by atoms with Crippen molar-refractivity contribution in [1.82, 2.24) is 10.2 Å². The van der Waals surface area contributed by atoms with Crippen LogP contribution in [0.25, 0.3) is 0 Å². The van der Waals surface area contributed by atoms with Crippen LogP contribution < -0.4 is 15.0 Å². The van der Waals surface area contributed by atoms with E-state index in [2.05, 4.69) is 22.3 Å². The van der Waals surface area contributed by atoms with Crippen molar-refractivity contribution in [3.05, 3.63) is 59.1 Å². The summed E-state index contributed by atoms with van der Waals surface area (Å²) in [5, 5.41) is 4.00. The van der Waals surface area contributed by atoms with Gasteiger partial charge in [-0.3, -0.25) is 4.79 Å². The topological polar surface area (TPSA) is 44.8 Å². The van der Waals surface area contributed by atoms with Gasteiger partial charge in [0.1, 0.15) is 5.75 Å². The van der Waals surface area contributed by atoms with Crippen LogP contribution in [0.3, 0.4) is 0 Å². The summed E-state index contributed by atoms with van der Waals surface area (Å²) in [7, 11) is 1.67. The molecule has 0 saturated carbocycles. The van der Waals surface area contributed by atoms with Gasteiger partial charge in [0.05, 0.1) is 13.7 Å². The fourth-order valence-electron chi connectivity index (χ4n) is 3.25. The summed E-state index contributed by atoms with van der Waals surface area (Å²) in [5.41, 5.74) is 2.32. The summed E-state index contributed by atoms with van der Waals surface area (Å²) in [4.78, 5) is 16.6.